The molecule has 0 aromatic carbocycles. The van der Waals surface area contributed by atoms with Gasteiger partial charge in [-0.15, -0.1) is 0 Å². The summed E-state index contributed by atoms with van der Waals surface area (Å²) in [4.78, 5) is 12.1. The highest BCUT2D eigenvalue weighted by Gasteiger charge is 2.13. The van der Waals surface area contributed by atoms with E-state index in [9.17, 15) is 9.90 Å². The number of unbranched alkanes of at least 4 members (excludes halogenated alkanes) is 22. The standard InChI is InChI=1S/C38H72O4/c1-3-5-7-9-11-13-15-17-18-19-20-22-24-26-28-30-32-34-41-36-37(35-39)42-38(40)33-31-29-27-25-23-21-16-14-12-10-8-6-4-2/h8,10,14,16,37,39H,3-7,9,11-13,15,17-36H2,1-2H3/b10-8-,16-14-. The molecule has 0 heterocycles. The Bertz CT molecular complexity index is 586. The largest absolute Gasteiger partial charge is 0.457 e. The van der Waals surface area contributed by atoms with Crippen LogP contribution in [-0.4, -0.2) is 37.0 Å². The first kappa shape index (κ1) is 40.9. The fraction of sp³-hybridized carbons (Fsp3) is 0.868. The molecule has 0 amide bonds. The zero-order valence-corrected chi connectivity index (χ0v) is 28.3. The molecule has 0 radical (unpaired) electrons. The second-order valence-electron chi connectivity index (χ2n) is 12.3. The van der Waals surface area contributed by atoms with Crippen molar-refractivity contribution < 1.29 is 19.4 Å². The fourth-order valence-corrected chi connectivity index (χ4v) is 5.25. The van der Waals surface area contributed by atoms with E-state index in [-0.39, 0.29) is 12.6 Å². The Balaban J connectivity index is 3.42. The molecule has 4 heteroatoms. The maximum absolute atomic E-state index is 12.1. The van der Waals surface area contributed by atoms with Gasteiger partial charge < -0.3 is 14.6 Å². The second-order valence-corrected chi connectivity index (χ2v) is 12.3. The van der Waals surface area contributed by atoms with Crippen molar-refractivity contribution in [2.45, 2.75) is 193 Å². The smallest absolute Gasteiger partial charge is 0.306 e. The molecule has 0 aromatic heterocycles. The van der Waals surface area contributed by atoms with Gasteiger partial charge in [0.2, 0.25) is 0 Å². The van der Waals surface area contributed by atoms with E-state index in [0.29, 0.717) is 19.6 Å². The number of carbonyl (C=O) groups excluding carboxylic acids is 1. The molecule has 0 rings (SSSR count). The van der Waals surface area contributed by atoms with Crippen LogP contribution in [0, 0.1) is 0 Å². The van der Waals surface area contributed by atoms with Crippen LogP contribution in [0.5, 0.6) is 0 Å². The molecule has 4 nitrogen and oxygen atoms in total. The van der Waals surface area contributed by atoms with E-state index in [0.717, 1.165) is 38.5 Å². The van der Waals surface area contributed by atoms with Gasteiger partial charge in [0.05, 0.1) is 13.2 Å². The van der Waals surface area contributed by atoms with Crippen LogP contribution < -0.4 is 0 Å². The molecule has 42 heavy (non-hydrogen) atoms. The third kappa shape index (κ3) is 33.4. The molecule has 0 saturated carbocycles. The zero-order chi connectivity index (χ0) is 30.6. The van der Waals surface area contributed by atoms with Crippen molar-refractivity contribution in [1.82, 2.24) is 0 Å². The number of carbonyl (C=O) groups is 1. The molecule has 0 spiro atoms. The van der Waals surface area contributed by atoms with E-state index in [1.807, 2.05) is 0 Å². The molecule has 0 fully saturated rings. The van der Waals surface area contributed by atoms with Gasteiger partial charge in [-0.1, -0.05) is 167 Å². The van der Waals surface area contributed by atoms with Crippen molar-refractivity contribution in [3.8, 4) is 0 Å². The van der Waals surface area contributed by atoms with E-state index >= 15 is 0 Å². The highest BCUT2D eigenvalue weighted by Crippen LogP contribution is 2.14. The van der Waals surface area contributed by atoms with Crippen molar-refractivity contribution in [2.75, 3.05) is 19.8 Å². The van der Waals surface area contributed by atoms with Crippen molar-refractivity contribution in [1.29, 1.82) is 0 Å². The highest BCUT2D eigenvalue weighted by atomic mass is 16.6. The van der Waals surface area contributed by atoms with Gasteiger partial charge in [0.25, 0.3) is 0 Å². The summed E-state index contributed by atoms with van der Waals surface area (Å²) in [6.45, 7) is 5.29. The number of hydrogen-bond acceptors (Lipinski definition) is 4. The Kier molecular flexibility index (Phi) is 35.1. The van der Waals surface area contributed by atoms with Gasteiger partial charge in [0, 0.05) is 13.0 Å². The lowest BCUT2D eigenvalue weighted by Gasteiger charge is -2.15. The van der Waals surface area contributed by atoms with Crippen molar-refractivity contribution in [3.63, 3.8) is 0 Å². The lowest BCUT2D eigenvalue weighted by Crippen LogP contribution is -2.27. The predicted molar refractivity (Wildman–Crippen MR) is 182 cm³/mol. The zero-order valence-electron chi connectivity index (χ0n) is 28.3. The summed E-state index contributed by atoms with van der Waals surface area (Å²) >= 11 is 0. The van der Waals surface area contributed by atoms with Gasteiger partial charge in [0.15, 0.2) is 0 Å². The molecular weight excluding hydrogens is 520 g/mol. The van der Waals surface area contributed by atoms with Crippen molar-refractivity contribution in [3.05, 3.63) is 24.3 Å². The Morgan fingerprint density at radius 1 is 0.571 bits per heavy atom. The average molecular weight is 593 g/mol. The monoisotopic (exact) mass is 593 g/mol. The minimum Gasteiger partial charge on any atom is -0.457 e. The van der Waals surface area contributed by atoms with Crippen LogP contribution in [0.4, 0.5) is 0 Å². The summed E-state index contributed by atoms with van der Waals surface area (Å²) in [6.07, 6.45) is 42.2. The molecule has 0 aliphatic rings. The number of allylic oxidation sites excluding steroid dienone is 4. The molecule has 0 aliphatic heterocycles. The molecule has 1 atom stereocenters. The summed E-state index contributed by atoms with van der Waals surface area (Å²) in [6, 6.07) is 0. The van der Waals surface area contributed by atoms with Gasteiger partial charge in [-0.05, 0) is 38.5 Å². The first-order valence-corrected chi connectivity index (χ1v) is 18.4. The number of ether oxygens (including phenoxy) is 2. The minimum atomic E-state index is -0.535. The van der Waals surface area contributed by atoms with Crippen LogP contribution in [0.1, 0.15) is 187 Å². The molecule has 0 aromatic rings. The molecule has 1 unspecified atom stereocenters. The first-order chi connectivity index (χ1) is 20.7. The van der Waals surface area contributed by atoms with Crippen LogP contribution in [0.3, 0.4) is 0 Å². The lowest BCUT2D eigenvalue weighted by molar-refractivity contribution is -0.154. The van der Waals surface area contributed by atoms with Gasteiger partial charge in [-0.2, -0.15) is 0 Å². The maximum atomic E-state index is 12.1. The van der Waals surface area contributed by atoms with E-state index in [1.54, 1.807) is 0 Å². The summed E-state index contributed by atoms with van der Waals surface area (Å²) in [7, 11) is 0. The molecule has 0 aliphatic carbocycles. The van der Waals surface area contributed by atoms with E-state index < -0.39 is 6.10 Å². The van der Waals surface area contributed by atoms with E-state index in [2.05, 4.69) is 38.2 Å². The number of rotatable bonds is 34. The second kappa shape index (κ2) is 36.1. The van der Waals surface area contributed by atoms with Gasteiger partial charge in [-0.3, -0.25) is 4.79 Å². The van der Waals surface area contributed by atoms with Crippen LogP contribution >= 0.6 is 0 Å². The molecular formula is C38H72O4. The van der Waals surface area contributed by atoms with Crippen LogP contribution in [0.2, 0.25) is 0 Å². The summed E-state index contributed by atoms with van der Waals surface area (Å²) in [5, 5.41) is 9.54. The van der Waals surface area contributed by atoms with Crippen molar-refractivity contribution in [2.24, 2.45) is 0 Å². The minimum absolute atomic E-state index is 0.174. The highest BCUT2D eigenvalue weighted by molar-refractivity contribution is 5.69. The maximum Gasteiger partial charge on any atom is 0.306 e. The van der Waals surface area contributed by atoms with E-state index in [1.165, 1.54) is 128 Å². The third-order valence-electron chi connectivity index (χ3n) is 8.01. The predicted octanol–water partition coefficient (Wildman–Crippen LogP) is 11.6. The van der Waals surface area contributed by atoms with Crippen LogP contribution in [0.25, 0.3) is 0 Å². The topological polar surface area (TPSA) is 55.8 Å². The van der Waals surface area contributed by atoms with Crippen LogP contribution in [0.15, 0.2) is 24.3 Å². The number of aliphatic hydroxyl groups excluding tert-OH is 1. The molecule has 0 bridgehead atoms. The Labute approximate surface area is 262 Å². The van der Waals surface area contributed by atoms with Crippen LogP contribution in [-0.2, 0) is 14.3 Å². The first-order valence-electron chi connectivity index (χ1n) is 18.4. The summed E-state index contributed by atoms with van der Waals surface area (Å²) in [5.74, 6) is -0.213. The third-order valence-corrected chi connectivity index (χ3v) is 8.01. The van der Waals surface area contributed by atoms with Crippen molar-refractivity contribution >= 4 is 5.97 Å². The SMILES string of the molecule is CCC/C=C\C/C=C\CCCCCCCC(=O)OC(CO)COCCCCCCCCCCCCCCCCCCC. The van der Waals surface area contributed by atoms with E-state index in [4.69, 9.17) is 9.47 Å². The normalized spacial score (nSPS) is 12.5. The summed E-state index contributed by atoms with van der Waals surface area (Å²) in [5.41, 5.74) is 0. The number of esters is 1. The Morgan fingerprint density at radius 3 is 1.57 bits per heavy atom. The lowest BCUT2D eigenvalue weighted by atomic mass is 10.0. The van der Waals surface area contributed by atoms with Gasteiger partial charge in [-0.25, -0.2) is 0 Å². The molecule has 1 N–H and O–H groups in total. The molecule has 248 valence electrons. The number of hydrogen-bond donors (Lipinski definition) is 1. The fourth-order valence-electron chi connectivity index (χ4n) is 5.25. The molecule has 0 saturated heterocycles. The quantitative estimate of drug-likeness (QED) is 0.0459. The average Bonchev–Trinajstić information content (AvgIpc) is 3.00. The number of aliphatic hydroxyl groups is 1. The Hall–Kier alpha value is -1.13. The van der Waals surface area contributed by atoms with Gasteiger partial charge >= 0.3 is 5.97 Å². The summed E-state index contributed by atoms with van der Waals surface area (Å²) < 4.78 is 11.1. The Morgan fingerprint density at radius 2 is 1.05 bits per heavy atom. The van der Waals surface area contributed by atoms with Gasteiger partial charge in [0.1, 0.15) is 6.10 Å².